The van der Waals surface area contributed by atoms with Crippen molar-refractivity contribution in [2.75, 3.05) is 38.6 Å². The number of hydrogen-bond acceptors (Lipinski definition) is 4. The molecule has 1 aromatic carbocycles. The molecule has 0 aromatic heterocycles. The van der Waals surface area contributed by atoms with E-state index in [-0.39, 0.29) is 5.75 Å². The van der Waals surface area contributed by atoms with Crippen molar-refractivity contribution in [1.29, 1.82) is 0 Å². The predicted octanol–water partition coefficient (Wildman–Crippen LogP) is 1.06. The second-order valence-corrected chi connectivity index (χ2v) is 7.59. The van der Waals surface area contributed by atoms with Crippen molar-refractivity contribution in [3.05, 3.63) is 34.9 Å². The Morgan fingerprint density at radius 2 is 1.76 bits per heavy atom. The summed E-state index contributed by atoms with van der Waals surface area (Å²) in [6.07, 6.45) is 0. The summed E-state index contributed by atoms with van der Waals surface area (Å²) < 4.78 is 31.0. The lowest BCUT2D eigenvalue weighted by atomic mass is 10.1. The number of ether oxygens (including phenoxy) is 1. The Kier molecular flexibility index (Phi) is 5.75. The molecule has 6 heteroatoms. The van der Waals surface area contributed by atoms with Gasteiger partial charge in [0.05, 0.1) is 19.0 Å². The highest BCUT2D eigenvalue weighted by molar-refractivity contribution is 7.89. The summed E-state index contributed by atoms with van der Waals surface area (Å²) in [7, 11) is -3.16. The molecule has 0 aliphatic carbocycles. The number of sulfonamides is 1. The maximum absolute atomic E-state index is 12.1. The molecule has 0 spiro atoms. The van der Waals surface area contributed by atoms with Crippen LogP contribution in [0, 0.1) is 13.8 Å². The first-order valence-corrected chi connectivity index (χ1v) is 8.92. The van der Waals surface area contributed by atoms with Gasteiger partial charge in [0.25, 0.3) is 0 Å². The molecule has 21 heavy (non-hydrogen) atoms. The molecule has 5 nitrogen and oxygen atoms in total. The molecule has 1 saturated heterocycles. The van der Waals surface area contributed by atoms with Gasteiger partial charge in [-0.3, -0.25) is 0 Å². The van der Waals surface area contributed by atoms with E-state index in [1.807, 2.05) is 0 Å². The maximum Gasteiger partial charge on any atom is 0.215 e. The topological polar surface area (TPSA) is 58.6 Å². The average Bonchev–Trinajstić information content (AvgIpc) is 2.44. The Morgan fingerprint density at radius 3 is 2.38 bits per heavy atom. The molecule has 0 unspecified atom stereocenters. The van der Waals surface area contributed by atoms with E-state index in [0.29, 0.717) is 39.4 Å². The van der Waals surface area contributed by atoms with Crippen molar-refractivity contribution in [2.24, 2.45) is 0 Å². The van der Waals surface area contributed by atoms with Gasteiger partial charge >= 0.3 is 0 Å². The van der Waals surface area contributed by atoms with E-state index >= 15 is 0 Å². The molecule has 118 valence electrons. The van der Waals surface area contributed by atoms with E-state index in [2.05, 4.69) is 37.4 Å². The summed E-state index contributed by atoms with van der Waals surface area (Å²) in [5, 5.41) is 3.21. The minimum atomic E-state index is -3.16. The van der Waals surface area contributed by atoms with Crippen molar-refractivity contribution >= 4 is 10.0 Å². The number of hydrogen-bond donors (Lipinski definition) is 1. The van der Waals surface area contributed by atoms with Crippen LogP contribution in [-0.2, 0) is 21.3 Å². The molecule has 1 aromatic rings. The van der Waals surface area contributed by atoms with Crippen molar-refractivity contribution in [2.45, 2.75) is 20.4 Å². The third-order valence-corrected chi connectivity index (χ3v) is 5.38. The van der Waals surface area contributed by atoms with Crippen LogP contribution < -0.4 is 5.32 Å². The molecular formula is C15H24N2O3S. The van der Waals surface area contributed by atoms with Crippen LogP contribution in [-0.4, -0.2) is 51.3 Å². The number of aryl methyl sites for hydroxylation is 2. The summed E-state index contributed by atoms with van der Waals surface area (Å²) in [5.41, 5.74) is 3.65. The number of rotatable bonds is 6. The SMILES string of the molecule is Cc1cc(C)cc(CNCCS(=O)(=O)N2CCOCC2)c1. The van der Waals surface area contributed by atoms with E-state index in [1.54, 1.807) is 0 Å². The van der Waals surface area contributed by atoms with Crippen LogP contribution in [0.4, 0.5) is 0 Å². The monoisotopic (exact) mass is 312 g/mol. The highest BCUT2D eigenvalue weighted by atomic mass is 32.2. The molecule has 2 rings (SSSR count). The maximum atomic E-state index is 12.1. The van der Waals surface area contributed by atoms with Crippen LogP contribution in [0.5, 0.6) is 0 Å². The summed E-state index contributed by atoms with van der Waals surface area (Å²) in [5.74, 6) is 0.137. The Balaban J connectivity index is 1.78. The zero-order valence-electron chi connectivity index (χ0n) is 12.8. The van der Waals surface area contributed by atoms with Gasteiger partial charge in [0.1, 0.15) is 0 Å². The zero-order valence-corrected chi connectivity index (χ0v) is 13.6. The first-order valence-electron chi connectivity index (χ1n) is 7.31. The molecule has 1 aliphatic rings. The Labute approximate surface area is 127 Å². The van der Waals surface area contributed by atoms with Crippen molar-refractivity contribution in [1.82, 2.24) is 9.62 Å². The fourth-order valence-electron chi connectivity index (χ4n) is 2.56. The lowest BCUT2D eigenvalue weighted by Gasteiger charge is -2.26. The molecule has 0 atom stereocenters. The van der Waals surface area contributed by atoms with Crippen molar-refractivity contribution in [3.63, 3.8) is 0 Å². The summed E-state index contributed by atoms with van der Waals surface area (Å²) >= 11 is 0. The summed E-state index contributed by atoms with van der Waals surface area (Å²) in [6.45, 7) is 7.23. The van der Waals surface area contributed by atoms with Gasteiger partial charge < -0.3 is 10.1 Å². The molecule has 1 fully saturated rings. The first kappa shape index (κ1) is 16.4. The van der Waals surface area contributed by atoms with E-state index in [0.717, 1.165) is 0 Å². The molecule has 0 saturated carbocycles. The number of morpholine rings is 1. The smallest absolute Gasteiger partial charge is 0.215 e. The quantitative estimate of drug-likeness (QED) is 0.798. The van der Waals surface area contributed by atoms with Gasteiger partial charge in [-0.2, -0.15) is 4.31 Å². The van der Waals surface area contributed by atoms with Crippen LogP contribution >= 0.6 is 0 Å². The fourth-order valence-corrected chi connectivity index (χ4v) is 3.92. The van der Waals surface area contributed by atoms with Crippen molar-refractivity contribution in [3.8, 4) is 0 Å². The molecule has 1 N–H and O–H groups in total. The first-order chi connectivity index (χ1) is 9.97. The number of nitrogens with zero attached hydrogens (tertiary/aromatic N) is 1. The molecular weight excluding hydrogens is 288 g/mol. The van der Waals surface area contributed by atoms with Crippen LogP contribution in [0.15, 0.2) is 18.2 Å². The van der Waals surface area contributed by atoms with Gasteiger partial charge in [0.2, 0.25) is 10.0 Å². The zero-order chi connectivity index (χ0) is 15.3. The second-order valence-electron chi connectivity index (χ2n) is 5.50. The normalized spacial score (nSPS) is 17.0. The Morgan fingerprint density at radius 1 is 1.14 bits per heavy atom. The van der Waals surface area contributed by atoms with Gasteiger partial charge in [0, 0.05) is 26.2 Å². The Bertz CT molecular complexity index is 546. The molecule has 0 bridgehead atoms. The van der Waals surface area contributed by atoms with E-state index in [4.69, 9.17) is 4.74 Å². The van der Waals surface area contributed by atoms with Crippen LogP contribution in [0.3, 0.4) is 0 Å². The van der Waals surface area contributed by atoms with Crippen molar-refractivity contribution < 1.29 is 13.2 Å². The summed E-state index contributed by atoms with van der Waals surface area (Å²) in [4.78, 5) is 0. The van der Waals surface area contributed by atoms with Crippen LogP contribution in [0.2, 0.25) is 0 Å². The van der Waals surface area contributed by atoms with E-state index in [1.165, 1.54) is 21.0 Å². The molecule has 1 aliphatic heterocycles. The minimum Gasteiger partial charge on any atom is -0.379 e. The molecule has 0 radical (unpaired) electrons. The Hall–Kier alpha value is -0.950. The fraction of sp³-hybridized carbons (Fsp3) is 0.600. The molecule has 1 heterocycles. The largest absolute Gasteiger partial charge is 0.379 e. The highest BCUT2D eigenvalue weighted by Gasteiger charge is 2.23. The summed E-state index contributed by atoms with van der Waals surface area (Å²) in [6, 6.07) is 6.37. The van der Waals surface area contributed by atoms with Gasteiger partial charge in [-0.15, -0.1) is 0 Å². The predicted molar refractivity (Wildman–Crippen MR) is 83.8 cm³/mol. The van der Waals surface area contributed by atoms with Gasteiger partial charge in [-0.05, 0) is 19.4 Å². The lowest BCUT2D eigenvalue weighted by Crippen LogP contribution is -2.43. The third-order valence-electron chi connectivity index (χ3n) is 3.51. The second kappa shape index (κ2) is 7.35. The highest BCUT2D eigenvalue weighted by Crippen LogP contribution is 2.09. The van der Waals surface area contributed by atoms with Gasteiger partial charge in [0.15, 0.2) is 0 Å². The van der Waals surface area contributed by atoms with Crippen LogP contribution in [0.1, 0.15) is 16.7 Å². The average molecular weight is 312 g/mol. The van der Waals surface area contributed by atoms with E-state index < -0.39 is 10.0 Å². The lowest BCUT2D eigenvalue weighted by molar-refractivity contribution is 0.0730. The third kappa shape index (κ3) is 5.07. The standard InChI is InChI=1S/C15H24N2O3S/c1-13-9-14(2)11-15(10-13)12-16-3-8-21(18,19)17-4-6-20-7-5-17/h9-11,16H,3-8,12H2,1-2H3. The van der Waals surface area contributed by atoms with Gasteiger partial charge in [-0.1, -0.05) is 29.3 Å². The van der Waals surface area contributed by atoms with E-state index in [9.17, 15) is 8.42 Å². The number of benzene rings is 1. The van der Waals surface area contributed by atoms with Gasteiger partial charge in [-0.25, -0.2) is 8.42 Å². The number of nitrogens with one attached hydrogen (secondary N) is 1. The molecule has 0 amide bonds. The van der Waals surface area contributed by atoms with Crippen LogP contribution in [0.25, 0.3) is 0 Å². The minimum absolute atomic E-state index is 0.137.